The Balaban J connectivity index is 1.59. The Morgan fingerprint density at radius 3 is 2.47 bits per heavy atom. The van der Waals surface area contributed by atoms with E-state index in [1.165, 1.54) is 45.6 Å². The number of likely N-dealkylation sites (tertiary alicyclic amines) is 1. The quantitative estimate of drug-likeness (QED) is 0.739. The molecule has 17 heavy (non-hydrogen) atoms. The lowest BCUT2D eigenvalue weighted by Crippen LogP contribution is -2.26. The Hall–Kier alpha value is -0.590. The monoisotopic (exact) mass is 235 g/mol. The summed E-state index contributed by atoms with van der Waals surface area (Å²) >= 11 is 0. The molecule has 2 heterocycles. The first-order valence-electron chi connectivity index (χ1n) is 6.95. The third-order valence-electron chi connectivity index (χ3n) is 4.29. The first kappa shape index (κ1) is 12.9. The van der Waals surface area contributed by atoms with Gasteiger partial charge in [-0.15, -0.1) is 0 Å². The van der Waals surface area contributed by atoms with Gasteiger partial charge < -0.3 is 10.2 Å². The van der Waals surface area contributed by atoms with Crippen molar-refractivity contribution in [3.63, 3.8) is 0 Å². The van der Waals surface area contributed by atoms with Gasteiger partial charge in [-0.1, -0.05) is 6.42 Å². The molecule has 0 aliphatic carbocycles. The van der Waals surface area contributed by atoms with Crippen LogP contribution in [-0.2, 0) is 0 Å². The zero-order valence-corrected chi connectivity index (χ0v) is 11.2. The van der Waals surface area contributed by atoms with E-state index >= 15 is 0 Å². The minimum atomic E-state index is -0.133. The molecule has 0 aromatic heterocycles. The van der Waals surface area contributed by atoms with Crippen molar-refractivity contribution in [2.45, 2.75) is 33.1 Å². The Morgan fingerprint density at radius 2 is 1.88 bits per heavy atom. The highest BCUT2D eigenvalue weighted by atomic mass is 15.2. The molecular formula is C14H25N3. The van der Waals surface area contributed by atoms with Crippen molar-refractivity contribution in [2.24, 2.45) is 17.3 Å². The van der Waals surface area contributed by atoms with Gasteiger partial charge >= 0.3 is 0 Å². The van der Waals surface area contributed by atoms with Crippen LogP contribution in [-0.4, -0.2) is 37.6 Å². The summed E-state index contributed by atoms with van der Waals surface area (Å²) in [7, 11) is 0. The Labute approximate surface area is 105 Å². The summed E-state index contributed by atoms with van der Waals surface area (Å²) in [6.45, 7) is 10.3. The molecule has 0 aromatic rings. The molecule has 0 saturated carbocycles. The normalized spacial score (nSPS) is 29.2. The van der Waals surface area contributed by atoms with E-state index in [2.05, 4.69) is 16.3 Å². The van der Waals surface area contributed by atoms with Crippen molar-refractivity contribution >= 4 is 0 Å². The second-order valence-corrected chi connectivity index (χ2v) is 6.39. The van der Waals surface area contributed by atoms with Crippen LogP contribution in [0.25, 0.3) is 0 Å². The summed E-state index contributed by atoms with van der Waals surface area (Å²) in [5, 5.41) is 12.4. The van der Waals surface area contributed by atoms with E-state index in [1.807, 2.05) is 13.8 Å². The predicted molar refractivity (Wildman–Crippen MR) is 69.5 cm³/mol. The largest absolute Gasteiger partial charge is 0.316 e. The molecule has 0 amide bonds. The van der Waals surface area contributed by atoms with Crippen molar-refractivity contribution in [1.29, 1.82) is 5.26 Å². The SMILES string of the molecule is CC(C)(C#N)CCCCN1C[C@H]2CNC[C@H]2C1. The number of rotatable bonds is 5. The van der Waals surface area contributed by atoms with Gasteiger partial charge in [0, 0.05) is 13.1 Å². The minimum absolute atomic E-state index is 0.133. The van der Waals surface area contributed by atoms with Gasteiger partial charge in [0.1, 0.15) is 0 Å². The Bertz CT molecular complexity index is 280. The zero-order valence-electron chi connectivity index (χ0n) is 11.2. The van der Waals surface area contributed by atoms with Gasteiger partial charge in [0.05, 0.1) is 11.5 Å². The van der Waals surface area contributed by atoms with Gasteiger partial charge in [-0.05, 0) is 58.2 Å². The fourth-order valence-corrected chi connectivity index (χ4v) is 3.09. The van der Waals surface area contributed by atoms with Gasteiger partial charge in [-0.2, -0.15) is 5.26 Å². The molecule has 2 aliphatic rings. The smallest absolute Gasteiger partial charge is 0.0683 e. The highest BCUT2D eigenvalue weighted by molar-refractivity contribution is 4.92. The second-order valence-electron chi connectivity index (χ2n) is 6.39. The molecular weight excluding hydrogens is 210 g/mol. The van der Waals surface area contributed by atoms with Gasteiger partial charge in [0.25, 0.3) is 0 Å². The second kappa shape index (κ2) is 5.37. The number of nitrogens with zero attached hydrogens (tertiary/aromatic N) is 2. The minimum Gasteiger partial charge on any atom is -0.316 e. The summed E-state index contributed by atoms with van der Waals surface area (Å²) < 4.78 is 0. The molecule has 0 radical (unpaired) electrons. The number of hydrogen-bond donors (Lipinski definition) is 1. The first-order chi connectivity index (χ1) is 8.11. The van der Waals surface area contributed by atoms with Crippen molar-refractivity contribution < 1.29 is 0 Å². The zero-order chi connectivity index (χ0) is 12.3. The highest BCUT2D eigenvalue weighted by Gasteiger charge is 2.35. The summed E-state index contributed by atoms with van der Waals surface area (Å²) in [4.78, 5) is 2.62. The first-order valence-corrected chi connectivity index (χ1v) is 6.95. The van der Waals surface area contributed by atoms with Gasteiger partial charge in [0.2, 0.25) is 0 Å². The Kier molecular flexibility index (Phi) is 4.06. The fourth-order valence-electron chi connectivity index (χ4n) is 3.09. The maximum absolute atomic E-state index is 8.95. The van der Waals surface area contributed by atoms with E-state index in [-0.39, 0.29) is 5.41 Å². The summed E-state index contributed by atoms with van der Waals surface area (Å²) in [6.07, 6.45) is 3.47. The van der Waals surface area contributed by atoms with E-state index in [1.54, 1.807) is 0 Å². The molecule has 2 aliphatic heterocycles. The van der Waals surface area contributed by atoms with Crippen LogP contribution in [0.4, 0.5) is 0 Å². The molecule has 0 unspecified atom stereocenters. The highest BCUT2D eigenvalue weighted by Crippen LogP contribution is 2.27. The van der Waals surface area contributed by atoms with Crippen LogP contribution in [0.2, 0.25) is 0 Å². The van der Waals surface area contributed by atoms with Gasteiger partial charge in [-0.25, -0.2) is 0 Å². The lowest BCUT2D eigenvalue weighted by atomic mass is 9.89. The summed E-state index contributed by atoms with van der Waals surface area (Å²) in [5.41, 5.74) is -0.133. The van der Waals surface area contributed by atoms with Crippen molar-refractivity contribution in [3.05, 3.63) is 0 Å². The molecule has 0 bridgehead atoms. The van der Waals surface area contributed by atoms with E-state index in [9.17, 15) is 0 Å². The van der Waals surface area contributed by atoms with Crippen LogP contribution in [0.15, 0.2) is 0 Å². The molecule has 3 nitrogen and oxygen atoms in total. The average molecular weight is 235 g/mol. The molecule has 0 spiro atoms. The van der Waals surface area contributed by atoms with Gasteiger partial charge in [0.15, 0.2) is 0 Å². The molecule has 2 saturated heterocycles. The molecule has 2 rings (SSSR count). The van der Waals surface area contributed by atoms with Crippen LogP contribution in [0, 0.1) is 28.6 Å². The van der Waals surface area contributed by atoms with E-state index in [0.717, 1.165) is 18.3 Å². The van der Waals surface area contributed by atoms with Crippen LogP contribution < -0.4 is 5.32 Å². The third-order valence-corrected chi connectivity index (χ3v) is 4.29. The molecule has 2 fully saturated rings. The summed E-state index contributed by atoms with van der Waals surface area (Å²) in [6, 6.07) is 2.38. The molecule has 1 N–H and O–H groups in total. The molecule has 2 atom stereocenters. The van der Waals surface area contributed by atoms with Crippen LogP contribution in [0.1, 0.15) is 33.1 Å². The number of nitrogens with one attached hydrogen (secondary N) is 1. The lowest BCUT2D eigenvalue weighted by molar-refractivity contribution is 0.297. The van der Waals surface area contributed by atoms with Crippen molar-refractivity contribution in [2.75, 3.05) is 32.7 Å². The third kappa shape index (κ3) is 3.43. The van der Waals surface area contributed by atoms with Crippen LogP contribution in [0.3, 0.4) is 0 Å². The van der Waals surface area contributed by atoms with E-state index in [4.69, 9.17) is 5.26 Å². The van der Waals surface area contributed by atoms with E-state index in [0.29, 0.717) is 0 Å². The number of hydrogen-bond acceptors (Lipinski definition) is 3. The molecule has 96 valence electrons. The van der Waals surface area contributed by atoms with Crippen molar-refractivity contribution in [1.82, 2.24) is 10.2 Å². The van der Waals surface area contributed by atoms with Gasteiger partial charge in [-0.3, -0.25) is 0 Å². The van der Waals surface area contributed by atoms with E-state index < -0.39 is 0 Å². The Morgan fingerprint density at radius 1 is 1.24 bits per heavy atom. The topological polar surface area (TPSA) is 39.1 Å². The lowest BCUT2D eigenvalue weighted by Gasteiger charge is -2.18. The maximum atomic E-state index is 8.95. The average Bonchev–Trinajstić information content (AvgIpc) is 2.84. The van der Waals surface area contributed by atoms with Crippen LogP contribution >= 0.6 is 0 Å². The summed E-state index contributed by atoms with van der Waals surface area (Å²) in [5.74, 6) is 1.82. The van der Waals surface area contributed by atoms with Crippen LogP contribution in [0.5, 0.6) is 0 Å². The standard InChI is InChI=1S/C14H25N3/c1-14(2,11-15)5-3-4-6-17-9-12-7-16-8-13(12)10-17/h12-13,16H,3-10H2,1-2H3/t12-,13+. The number of unbranched alkanes of at least 4 members (excludes halogenated alkanes) is 1. The van der Waals surface area contributed by atoms with Crippen molar-refractivity contribution in [3.8, 4) is 6.07 Å². The molecule has 0 aromatic carbocycles. The fraction of sp³-hybridized carbons (Fsp3) is 0.929. The molecule has 3 heteroatoms. The predicted octanol–water partition coefficient (Wildman–Crippen LogP) is 1.86. The number of fused-ring (bicyclic) bond motifs is 1. The maximum Gasteiger partial charge on any atom is 0.0683 e. The number of nitriles is 1.